The van der Waals surface area contributed by atoms with E-state index in [9.17, 15) is 4.79 Å². The van der Waals surface area contributed by atoms with E-state index in [1.54, 1.807) is 0 Å². The van der Waals surface area contributed by atoms with E-state index in [2.05, 4.69) is 9.97 Å². The molecule has 1 aliphatic rings. The van der Waals surface area contributed by atoms with Crippen LogP contribution in [0.1, 0.15) is 35.7 Å². The van der Waals surface area contributed by atoms with Crippen LogP contribution in [0, 0.1) is 13.8 Å². The lowest BCUT2D eigenvalue weighted by Crippen LogP contribution is -2.10. The highest BCUT2D eigenvalue weighted by molar-refractivity contribution is 5.40. The third kappa shape index (κ3) is 2.52. The van der Waals surface area contributed by atoms with Crippen LogP contribution >= 0.6 is 0 Å². The zero-order valence-corrected chi connectivity index (χ0v) is 11.1. The summed E-state index contributed by atoms with van der Waals surface area (Å²) in [6.07, 6.45) is 2.19. The molecule has 0 saturated heterocycles. The molecule has 1 aromatic carbocycles. The fourth-order valence-corrected chi connectivity index (χ4v) is 2.00. The van der Waals surface area contributed by atoms with Gasteiger partial charge in [-0.1, -0.05) is 12.1 Å². The van der Waals surface area contributed by atoms with Gasteiger partial charge in [0.2, 0.25) is 5.88 Å². The van der Waals surface area contributed by atoms with Gasteiger partial charge in [0, 0.05) is 5.92 Å². The van der Waals surface area contributed by atoms with Gasteiger partial charge in [-0.2, -0.15) is 4.98 Å². The van der Waals surface area contributed by atoms with E-state index in [4.69, 9.17) is 4.74 Å². The van der Waals surface area contributed by atoms with Crippen LogP contribution < -0.4 is 10.3 Å². The first-order valence-electron chi connectivity index (χ1n) is 6.49. The first-order chi connectivity index (χ1) is 9.13. The van der Waals surface area contributed by atoms with E-state index >= 15 is 0 Å². The zero-order valence-electron chi connectivity index (χ0n) is 11.1. The first-order valence-corrected chi connectivity index (χ1v) is 6.49. The van der Waals surface area contributed by atoms with Gasteiger partial charge in [0.25, 0.3) is 5.56 Å². The van der Waals surface area contributed by atoms with Crippen LogP contribution in [0.15, 0.2) is 29.1 Å². The van der Waals surface area contributed by atoms with E-state index < -0.39 is 0 Å². The average molecular weight is 256 g/mol. The normalized spacial score (nSPS) is 14.4. The molecule has 4 nitrogen and oxygen atoms in total. The topological polar surface area (TPSA) is 55.0 Å². The van der Waals surface area contributed by atoms with Crippen LogP contribution in [0.4, 0.5) is 0 Å². The maximum atomic E-state index is 11.6. The smallest absolute Gasteiger partial charge is 0.254 e. The number of rotatable bonds is 3. The summed E-state index contributed by atoms with van der Waals surface area (Å²) >= 11 is 0. The molecule has 0 amide bonds. The molecule has 19 heavy (non-hydrogen) atoms. The quantitative estimate of drug-likeness (QED) is 0.918. The van der Waals surface area contributed by atoms with Crippen LogP contribution in [0.5, 0.6) is 11.6 Å². The lowest BCUT2D eigenvalue weighted by Gasteiger charge is -2.10. The van der Waals surface area contributed by atoms with Gasteiger partial charge in [0.05, 0.1) is 6.07 Å². The molecule has 0 radical (unpaired) electrons. The van der Waals surface area contributed by atoms with Gasteiger partial charge in [-0.05, 0) is 43.9 Å². The lowest BCUT2D eigenvalue weighted by atomic mass is 10.1. The van der Waals surface area contributed by atoms with Gasteiger partial charge in [0.1, 0.15) is 11.6 Å². The molecule has 1 saturated carbocycles. The third-order valence-corrected chi connectivity index (χ3v) is 3.47. The Labute approximate surface area is 111 Å². The minimum Gasteiger partial charge on any atom is -0.438 e. The number of nitrogens with zero attached hydrogens (tertiary/aromatic N) is 1. The second-order valence-electron chi connectivity index (χ2n) is 5.04. The standard InChI is InChI=1S/C15H16N2O2/c1-9-4-3-5-12(10(9)2)19-14-8-13(18)16-15(17-14)11-6-7-11/h3-5,8,11H,6-7H2,1-2H3,(H,16,17,18). The fraction of sp³-hybridized carbons (Fsp3) is 0.333. The maximum Gasteiger partial charge on any atom is 0.254 e. The SMILES string of the molecule is Cc1cccc(Oc2cc(=O)[nH]c(C3CC3)n2)c1C. The van der Waals surface area contributed by atoms with Gasteiger partial charge < -0.3 is 9.72 Å². The minimum absolute atomic E-state index is 0.155. The number of hydrogen-bond donors (Lipinski definition) is 1. The molecule has 0 atom stereocenters. The summed E-state index contributed by atoms with van der Waals surface area (Å²) < 4.78 is 5.76. The van der Waals surface area contributed by atoms with Crippen molar-refractivity contribution in [3.63, 3.8) is 0 Å². The molecule has 2 aromatic rings. The molecular weight excluding hydrogens is 240 g/mol. The minimum atomic E-state index is -0.155. The van der Waals surface area contributed by atoms with Crippen LogP contribution in [0.25, 0.3) is 0 Å². The predicted molar refractivity (Wildman–Crippen MR) is 72.8 cm³/mol. The van der Waals surface area contributed by atoms with E-state index in [1.807, 2.05) is 32.0 Å². The average Bonchev–Trinajstić information content (AvgIpc) is 3.18. The van der Waals surface area contributed by atoms with Crippen LogP contribution in [0.3, 0.4) is 0 Å². The molecule has 1 heterocycles. The van der Waals surface area contributed by atoms with E-state index in [1.165, 1.54) is 6.07 Å². The van der Waals surface area contributed by atoms with Crippen molar-refractivity contribution in [2.24, 2.45) is 0 Å². The highest BCUT2D eigenvalue weighted by Gasteiger charge is 2.26. The number of aromatic amines is 1. The summed E-state index contributed by atoms with van der Waals surface area (Å²) in [5.41, 5.74) is 2.07. The monoisotopic (exact) mass is 256 g/mol. The Morgan fingerprint density at radius 1 is 1.32 bits per heavy atom. The predicted octanol–water partition coefficient (Wildman–Crippen LogP) is 3.06. The number of benzene rings is 1. The molecule has 1 fully saturated rings. The summed E-state index contributed by atoms with van der Waals surface area (Å²) in [6, 6.07) is 7.26. The van der Waals surface area contributed by atoms with E-state index in [-0.39, 0.29) is 5.56 Å². The van der Waals surface area contributed by atoms with Crippen molar-refractivity contribution >= 4 is 0 Å². The van der Waals surface area contributed by atoms with Crippen molar-refractivity contribution in [1.29, 1.82) is 0 Å². The summed E-state index contributed by atoms with van der Waals surface area (Å²) in [4.78, 5) is 18.8. The van der Waals surface area contributed by atoms with Gasteiger partial charge in [-0.15, -0.1) is 0 Å². The number of H-pyrrole nitrogens is 1. The zero-order chi connectivity index (χ0) is 13.4. The molecular formula is C15H16N2O2. The van der Waals surface area contributed by atoms with Crippen LogP contribution in [0.2, 0.25) is 0 Å². The molecule has 0 unspecified atom stereocenters. The molecule has 4 heteroatoms. The lowest BCUT2D eigenvalue weighted by molar-refractivity contribution is 0.453. The number of aryl methyl sites for hydroxylation is 1. The Bertz CT molecular complexity index is 672. The molecule has 1 N–H and O–H groups in total. The fourth-order valence-electron chi connectivity index (χ4n) is 2.00. The number of ether oxygens (including phenoxy) is 1. The largest absolute Gasteiger partial charge is 0.438 e. The van der Waals surface area contributed by atoms with Crippen LogP contribution in [-0.4, -0.2) is 9.97 Å². The Morgan fingerprint density at radius 3 is 2.84 bits per heavy atom. The number of hydrogen-bond acceptors (Lipinski definition) is 3. The second-order valence-corrected chi connectivity index (χ2v) is 5.04. The third-order valence-electron chi connectivity index (χ3n) is 3.47. The first kappa shape index (κ1) is 12.0. The summed E-state index contributed by atoms with van der Waals surface area (Å²) in [5.74, 6) is 2.27. The molecule has 1 aromatic heterocycles. The molecule has 1 aliphatic carbocycles. The second kappa shape index (κ2) is 4.53. The maximum absolute atomic E-state index is 11.6. The molecule has 0 aliphatic heterocycles. The Morgan fingerprint density at radius 2 is 2.11 bits per heavy atom. The Hall–Kier alpha value is -2.10. The van der Waals surface area contributed by atoms with Crippen molar-refractivity contribution in [1.82, 2.24) is 9.97 Å². The van der Waals surface area contributed by atoms with Gasteiger partial charge >= 0.3 is 0 Å². The highest BCUT2D eigenvalue weighted by atomic mass is 16.5. The molecule has 98 valence electrons. The van der Waals surface area contributed by atoms with E-state index in [0.29, 0.717) is 11.8 Å². The molecule has 0 spiro atoms. The van der Waals surface area contributed by atoms with Gasteiger partial charge in [-0.25, -0.2) is 0 Å². The van der Waals surface area contributed by atoms with E-state index in [0.717, 1.165) is 35.5 Å². The van der Waals surface area contributed by atoms with Crippen molar-refractivity contribution in [2.45, 2.75) is 32.6 Å². The summed E-state index contributed by atoms with van der Waals surface area (Å²) in [5, 5.41) is 0. The van der Waals surface area contributed by atoms with Crippen molar-refractivity contribution in [2.75, 3.05) is 0 Å². The van der Waals surface area contributed by atoms with Crippen molar-refractivity contribution in [3.05, 3.63) is 51.6 Å². The summed E-state index contributed by atoms with van der Waals surface area (Å²) in [6.45, 7) is 4.03. The Balaban J connectivity index is 1.94. The number of nitrogens with one attached hydrogen (secondary N) is 1. The van der Waals surface area contributed by atoms with Crippen molar-refractivity contribution < 1.29 is 4.74 Å². The van der Waals surface area contributed by atoms with Gasteiger partial charge in [0.15, 0.2) is 0 Å². The Kier molecular flexibility index (Phi) is 2.85. The molecule has 3 rings (SSSR count). The highest BCUT2D eigenvalue weighted by Crippen LogP contribution is 2.38. The number of aromatic nitrogens is 2. The molecule has 0 bridgehead atoms. The summed E-state index contributed by atoms with van der Waals surface area (Å²) in [7, 11) is 0. The van der Waals surface area contributed by atoms with Crippen molar-refractivity contribution in [3.8, 4) is 11.6 Å². The van der Waals surface area contributed by atoms with Gasteiger partial charge in [-0.3, -0.25) is 4.79 Å². The van der Waals surface area contributed by atoms with Crippen LogP contribution in [-0.2, 0) is 0 Å².